The third-order valence-corrected chi connectivity index (χ3v) is 3.45. The molecule has 1 amide bonds. The summed E-state index contributed by atoms with van der Waals surface area (Å²) in [7, 11) is 1.75. The fourth-order valence-corrected chi connectivity index (χ4v) is 2.12. The van der Waals surface area contributed by atoms with Gasteiger partial charge in [-0.05, 0) is 38.1 Å². The van der Waals surface area contributed by atoms with Crippen LogP contribution in [-0.2, 0) is 0 Å². The highest BCUT2D eigenvalue weighted by atomic mass is 35.5. The number of carbonyl (C=O) groups is 1. The molecule has 0 aliphatic rings. The van der Waals surface area contributed by atoms with Crippen molar-refractivity contribution < 1.29 is 9.53 Å². The Morgan fingerprint density at radius 3 is 2.57 bits per heavy atom. The number of aromatic nitrogens is 2. The Morgan fingerprint density at radius 1 is 1.33 bits per heavy atom. The minimum Gasteiger partial charge on any atom is -0.492 e. The Hall–Kier alpha value is -2.01. The topological polar surface area (TPSA) is 58.2 Å². The summed E-state index contributed by atoms with van der Waals surface area (Å²) >= 11 is 5.81. The molecule has 2 aromatic rings. The molecule has 2 rings (SSSR count). The maximum absolute atomic E-state index is 12.3. The molecule has 6 heteroatoms. The Balaban J connectivity index is 1.88. The molecule has 0 radical (unpaired) electrons. The average molecular weight is 308 g/mol. The molecule has 0 saturated heterocycles. The first kappa shape index (κ1) is 15.4. The summed E-state index contributed by atoms with van der Waals surface area (Å²) in [5, 5.41) is 7.53. The standard InChI is InChI=1S/C15H18ClN3O2/c1-10-14(11(2)18-17-10)15(20)19(3)8-9-21-13-6-4-12(16)5-7-13/h4-7H,8-9H2,1-3H3,(H,17,18). The second-order valence-corrected chi connectivity index (χ2v) is 5.27. The van der Waals surface area contributed by atoms with Crippen molar-refractivity contribution in [3.05, 3.63) is 46.2 Å². The number of rotatable bonds is 5. The lowest BCUT2D eigenvalue weighted by atomic mass is 10.2. The highest BCUT2D eigenvalue weighted by molar-refractivity contribution is 6.30. The normalized spacial score (nSPS) is 10.5. The van der Waals surface area contributed by atoms with Crippen LogP contribution in [0.25, 0.3) is 0 Å². The Bertz CT molecular complexity index is 603. The zero-order valence-corrected chi connectivity index (χ0v) is 13.1. The van der Waals surface area contributed by atoms with Crippen molar-refractivity contribution in [1.82, 2.24) is 15.1 Å². The average Bonchev–Trinajstić information content (AvgIpc) is 2.79. The first-order chi connectivity index (χ1) is 9.99. The van der Waals surface area contributed by atoms with Crippen molar-refractivity contribution in [3.8, 4) is 5.75 Å². The largest absolute Gasteiger partial charge is 0.492 e. The van der Waals surface area contributed by atoms with E-state index in [-0.39, 0.29) is 5.91 Å². The highest BCUT2D eigenvalue weighted by Gasteiger charge is 2.18. The number of hydrogen-bond donors (Lipinski definition) is 1. The van der Waals surface area contributed by atoms with E-state index in [0.717, 1.165) is 11.4 Å². The van der Waals surface area contributed by atoms with Crippen LogP contribution in [0.3, 0.4) is 0 Å². The second-order valence-electron chi connectivity index (χ2n) is 4.84. The number of benzene rings is 1. The third kappa shape index (κ3) is 3.76. The molecule has 0 aliphatic heterocycles. The minimum atomic E-state index is -0.0570. The maximum atomic E-state index is 12.3. The molecule has 0 saturated carbocycles. The molecule has 0 atom stereocenters. The SMILES string of the molecule is Cc1n[nH]c(C)c1C(=O)N(C)CCOc1ccc(Cl)cc1. The van der Waals surface area contributed by atoms with E-state index in [1.165, 1.54) is 0 Å². The van der Waals surface area contributed by atoms with E-state index in [0.29, 0.717) is 29.4 Å². The number of carbonyl (C=O) groups excluding carboxylic acids is 1. The number of nitrogens with one attached hydrogen (secondary N) is 1. The first-order valence-corrected chi connectivity index (χ1v) is 7.02. The maximum Gasteiger partial charge on any atom is 0.257 e. The van der Waals surface area contributed by atoms with E-state index in [9.17, 15) is 4.79 Å². The molecule has 21 heavy (non-hydrogen) atoms. The van der Waals surface area contributed by atoms with Gasteiger partial charge in [0.25, 0.3) is 5.91 Å². The smallest absolute Gasteiger partial charge is 0.257 e. The Morgan fingerprint density at radius 2 is 2.00 bits per heavy atom. The van der Waals surface area contributed by atoms with Crippen molar-refractivity contribution in [2.24, 2.45) is 0 Å². The molecule has 0 spiro atoms. The predicted molar refractivity (Wildman–Crippen MR) is 82.0 cm³/mol. The van der Waals surface area contributed by atoms with Gasteiger partial charge in [0.15, 0.2) is 0 Å². The van der Waals surface area contributed by atoms with Crippen LogP contribution in [0.5, 0.6) is 5.75 Å². The van der Waals surface area contributed by atoms with Gasteiger partial charge in [0, 0.05) is 17.8 Å². The molecule has 0 bridgehead atoms. The van der Waals surface area contributed by atoms with Gasteiger partial charge >= 0.3 is 0 Å². The van der Waals surface area contributed by atoms with Gasteiger partial charge in [0.1, 0.15) is 12.4 Å². The number of ether oxygens (including phenoxy) is 1. The number of H-pyrrole nitrogens is 1. The molecule has 1 N–H and O–H groups in total. The number of aryl methyl sites for hydroxylation is 2. The number of likely N-dealkylation sites (N-methyl/N-ethyl adjacent to an activating group) is 1. The van der Waals surface area contributed by atoms with Crippen molar-refractivity contribution in [2.75, 3.05) is 20.2 Å². The molecular formula is C15H18ClN3O2. The zero-order valence-electron chi connectivity index (χ0n) is 12.3. The minimum absolute atomic E-state index is 0.0570. The van der Waals surface area contributed by atoms with Gasteiger partial charge in [-0.15, -0.1) is 0 Å². The van der Waals surface area contributed by atoms with Gasteiger partial charge in [-0.25, -0.2) is 0 Å². The highest BCUT2D eigenvalue weighted by Crippen LogP contribution is 2.16. The quantitative estimate of drug-likeness (QED) is 0.924. The van der Waals surface area contributed by atoms with Gasteiger partial charge in [0.05, 0.1) is 17.8 Å². The molecule has 112 valence electrons. The molecular weight excluding hydrogens is 290 g/mol. The lowest BCUT2D eigenvalue weighted by Crippen LogP contribution is -2.31. The summed E-state index contributed by atoms with van der Waals surface area (Å²) in [6.45, 7) is 4.56. The summed E-state index contributed by atoms with van der Waals surface area (Å²) in [5.74, 6) is 0.675. The Labute approximate surface area is 128 Å². The van der Waals surface area contributed by atoms with Crippen LogP contribution in [0.2, 0.25) is 5.02 Å². The summed E-state index contributed by atoms with van der Waals surface area (Å²) < 4.78 is 5.58. The number of hydrogen-bond acceptors (Lipinski definition) is 3. The summed E-state index contributed by atoms with van der Waals surface area (Å²) in [6.07, 6.45) is 0. The predicted octanol–water partition coefficient (Wildman–Crippen LogP) is 2.83. The number of aromatic amines is 1. The van der Waals surface area contributed by atoms with Crippen LogP contribution in [0.1, 0.15) is 21.7 Å². The third-order valence-electron chi connectivity index (χ3n) is 3.20. The van der Waals surface area contributed by atoms with Gasteiger partial charge in [0.2, 0.25) is 0 Å². The number of amides is 1. The van der Waals surface area contributed by atoms with E-state index < -0.39 is 0 Å². The monoisotopic (exact) mass is 307 g/mol. The van der Waals surface area contributed by atoms with Crippen LogP contribution in [-0.4, -0.2) is 41.2 Å². The summed E-state index contributed by atoms with van der Waals surface area (Å²) in [4.78, 5) is 14.0. The lowest BCUT2D eigenvalue weighted by molar-refractivity contribution is 0.0772. The van der Waals surface area contributed by atoms with Gasteiger partial charge in [-0.1, -0.05) is 11.6 Å². The second kappa shape index (κ2) is 6.63. The number of nitrogens with zero attached hydrogens (tertiary/aromatic N) is 2. The summed E-state index contributed by atoms with van der Waals surface area (Å²) in [6, 6.07) is 7.14. The van der Waals surface area contributed by atoms with E-state index in [2.05, 4.69) is 10.2 Å². The molecule has 1 heterocycles. The van der Waals surface area contributed by atoms with E-state index in [1.807, 2.05) is 13.8 Å². The van der Waals surface area contributed by atoms with Gasteiger partial charge in [-0.2, -0.15) is 5.10 Å². The molecule has 1 aromatic carbocycles. The fraction of sp³-hybridized carbons (Fsp3) is 0.333. The van der Waals surface area contributed by atoms with Crippen LogP contribution in [0.4, 0.5) is 0 Å². The van der Waals surface area contributed by atoms with Gasteiger partial charge in [-0.3, -0.25) is 9.89 Å². The molecule has 5 nitrogen and oxygen atoms in total. The Kier molecular flexibility index (Phi) is 4.85. The lowest BCUT2D eigenvalue weighted by Gasteiger charge is -2.17. The van der Waals surface area contributed by atoms with E-state index in [4.69, 9.17) is 16.3 Å². The molecule has 0 unspecified atom stereocenters. The van der Waals surface area contributed by atoms with Crippen molar-refractivity contribution in [2.45, 2.75) is 13.8 Å². The van der Waals surface area contributed by atoms with Crippen molar-refractivity contribution in [1.29, 1.82) is 0 Å². The van der Waals surface area contributed by atoms with Crippen LogP contribution in [0, 0.1) is 13.8 Å². The molecule has 1 aromatic heterocycles. The van der Waals surface area contributed by atoms with E-state index >= 15 is 0 Å². The zero-order chi connectivity index (χ0) is 15.4. The number of halogens is 1. The van der Waals surface area contributed by atoms with Crippen molar-refractivity contribution >= 4 is 17.5 Å². The first-order valence-electron chi connectivity index (χ1n) is 6.64. The fourth-order valence-electron chi connectivity index (χ4n) is 1.99. The summed E-state index contributed by atoms with van der Waals surface area (Å²) in [5.41, 5.74) is 2.12. The van der Waals surface area contributed by atoms with Gasteiger partial charge < -0.3 is 9.64 Å². The molecule has 0 aliphatic carbocycles. The molecule has 0 fully saturated rings. The van der Waals surface area contributed by atoms with Crippen LogP contribution < -0.4 is 4.74 Å². The van der Waals surface area contributed by atoms with Crippen LogP contribution >= 0.6 is 11.6 Å². The van der Waals surface area contributed by atoms with E-state index in [1.54, 1.807) is 36.2 Å². The van der Waals surface area contributed by atoms with Crippen molar-refractivity contribution in [3.63, 3.8) is 0 Å². The van der Waals surface area contributed by atoms with Crippen LogP contribution in [0.15, 0.2) is 24.3 Å².